The summed E-state index contributed by atoms with van der Waals surface area (Å²) in [6.45, 7) is 5.66. The molecule has 0 radical (unpaired) electrons. The van der Waals surface area contributed by atoms with Gasteiger partial charge in [-0.05, 0) is 63.1 Å². The number of ether oxygens (including phenoxy) is 3. The molecule has 33 heavy (non-hydrogen) atoms. The Bertz CT molecular complexity index is 1130. The molecule has 7 nitrogen and oxygen atoms in total. The summed E-state index contributed by atoms with van der Waals surface area (Å²) in [5.41, 5.74) is 2.52. The number of aromatic nitrogens is 1. The Balaban J connectivity index is 1.78. The van der Waals surface area contributed by atoms with Gasteiger partial charge in [-0.3, -0.25) is 14.6 Å². The van der Waals surface area contributed by atoms with Crippen LogP contribution in [0.2, 0.25) is 0 Å². The maximum Gasteiger partial charge on any atom is 0.230 e. The molecular formula is C26H30N2O5. The molecule has 0 bridgehead atoms. The Hall–Kier alpha value is -3.61. The number of rotatable bonds is 10. The highest BCUT2D eigenvalue weighted by molar-refractivity contribution is 6.00. The molecule has 0 fully saturated rings. The first-order chi connectivity index (χ1) is 15.8. The van der Waals surface area contributed by atoms with Crippen molar-refractivity contribution in [1.29, 1.82) is 0 Å². The third kappa shape index (κ3) is 6.00. The number of fused-ring (bicyclic) bond motifs is 1. The van der Waals surface area contributed by atoms with Crippen molar-refractivity contribution in [2.75, 3.05) is 14.2 Å². The first-order valence-electron chi connectivity index (χ1n) is 10.9. The Morgan fingerprint density at radius 3 is 2.36 bits per heavy atom. The molecule has 3 aromatic rings. The Labute approximate surface area is 194 Å². The second-order valence-electron chi connectivity index (χ2n) is 8.08. The standard InChI is InChI=1S/C26H30N2O5/c1-16(2)33-25-19(14-28-24-11-10-21(31-5)13-23(24)25)15-32-20-8-6-18(7-9-20)12-22(17(3)29)26(30)27-4/h6-11,13-14,16,22H,12,15H2,1-5H3,(H,27,30). The number of amides is 1. The van der Waals surface area contributed by atoms with Crippen LogP contribution in [-0.2, 0) is 22.6 Å². The van der Waals surface area contributed by atoms with E-state index < -0.39 is 5.92 Å². The quantitative estimate of drug-likeness (QED) is 0.468. The summed E-state index contributed by atoms with van der Waals surface area (Å²) in [6, 6.07) is 13.1. The van der Waals surface area contributed by atoms with Crippen molar-refractivity contribution in [2.45, 2.75) is 39.9 Å². The lowest BCUT2D eigenvalue weighted by Crippen LogP contribution is -2.33. The van der Waals surface area contributed by atoms with E-state index in [4.69, 9.17) is 14.2 Å². The molecule has 1 aromatic heterocycles. The van der Waals surface area contributed by atoms with Gasteiger partial charge in [-0.15, -0.1) is 0 Å². The molecule has 1 N–H and O–H groups in total. The number of methoxy groups -OCH3 is 1. The fraction of sp³-hybridized carbons (Fsp3) is 0.346. The summed E-state index contributed by atoms with van der Waals surface area (Å²) < 4.78 is 17.5. The molecule has 0 aliphatic rings. The Kier molecular flexibility index (Phi) is 7.87. The number of hydrogen-bond donors (Lipinski definition) is 1. The topological polar surface area (TPSA) is 86.8 Å². The molecule has 1 heterocycles. The van der Waals surface area contributed by atoms with Crippen LogP contribution < -0.4 is 19.5 Å². The van der Waals surface area contributed by atoms with E-state index in [-0.39, 0.29) is 24.4 Å². The molecule has 0 saturated heterocycles. The number of nitrogens with one attached hydrogen (secondary N) is 1. The first kappa shape index (κ1) is 24.0. The van der Waals surface area contributed by atoms with E-state index in [1.165, 1.54) is 14.0 Å². The van der Waals surface area contributed by atoms with E-state index in [1.807, 2.05) is 56.3 Å². The van der Waals surface area contributed by atoms with Crippen molar-refractivity contribution in [2.24, 2.45) is 5.92 Å². The molecule has 0 aliphatic heterocycles. The minimum atomic E-state index is -0.696. The maximum absolute atomic E-state index is 11.9. The summed E-state index contributed by atoms with van der Waals surface area (Å²) in [5.74, 6) is 0.985. The van der Waals surface area contributed by atoms with Crippen molar-refractivity contribution < 1.29 is 23.8 Å². The second-order valence-corrected chi connectivity index (χ2v) is 8.08. The van der Waals surface area contributed by atoms with Crippen molar-refractivity contribution in [3.63, 3.8) is 0 Å². The molecule has 7 heteroatoms. The molecule has 0 spiro atoms. The molecule has 1 unspecified atom stereocenters. The molecule has 0 aliphatic carbocycles. The van der Waals surface area contributed by atoms with Crippen LogP contribution in [0.4, 0.5) is 0 Å². The van der Waals surface area contributed by atoms with E-state index in [0.29, 0.717) is 12.2 Å². The van der Waals surface area contributed by atoms with Gasteiger partial charge in [0.1, 0.15) is 35.6 Å². The van der Waals surface area contributed by atoms with E-state index in [1.54, 1.807) is 13.3 Å². The van der Waals surface area contributed by atoms with Crippen LogP contribution in [0, 0.1) is 5.92 Å². The third-order valence-electron chi connectivity index (χ3n) is 5.26. The van der Waals surface area contributed by atoms with Crippen molar-refractivity contribution in [3.8, 4) is 17.2 Å². The largest absolute Gasteiger partial charge is 0.497 e. The number of ketones is 1. The molecule has 174 valence electrons. The molecule has 3 rings (SSSR count). The predicted molar refractivity (Wildman–Crippen MR) is 127 cm³/mol. The van der Waals surface area contributed by atoms with Gasteiger partial charge in [-0.1, -0.05) is 12.1 Å². The van der Waals surface area contributed by atoms with Gasteiger partial charge in [0.25, 0.3) is 0 Å². The van der Waals surface area contributed by atoms with Gasteiger partial charge >= 0.3 is 0 Å². The van der Waals surface area contributed by atoms with Crippen LogP contribution >= 0.6 is 0 Å². The van der Waals surface area contributed by atoms with Crippen LogP contribution in [-0.4, -0.2) is 36.9 Å². The summed E-state index contributed by atoms with van der Waals surface area (Å²) >= 11 is 0. The van der Waals surface area contributed by atoms with Gasteiger partial charge in [-0.2, -0.15) is 0 Å². The average Bonchev–Trinajstić information content (AvgIpc) is 2.81. The van der Waals surface area contributed by atoms with Crippen LogP contribution in [0.25, 0.3) is 10.9 Å². The Morgan fingerprint density at radius 1 is 1.06 bits per heavy atom. The summed E-state index contributed by atoms with van der Waals surface area (Å²) in [5, 5.41) is 3.41. The lowest BCUT2D eigenvalue weighted by Gasteiger charge is -2.17. The van der Waals surface area contributed by atoms with Gasteiger partial charge in [0.15, 0.2) is 0 Å². The van der Waals surface area contributed by atoms with Crippen LogP contribution in [0.5, 0.6) is 17.2 Å². The van der Waals surface area contributed by atoms with Crippen molar-refractivity contribution in [1.82, 2.24) is 10.3 Å². The van der Waals surface area contributed by atoms with Crippen LogP contribution in [0.1, 0.15) is 31.9 Å². The number of carbonyl (C=O) groups is 2. The van der Waals surface area contributed by atoms with Crippen molar-refractivity contribution in [3.05, 3.63) is 59.8 Å². The number of benzene rings is 2. The summed E-state index contributed by atoms with van der Waals surface area (Å²) in [4.78, 5) is 28.3. The van der Waals surface area contributed by atoms with E-state index in [9.17, 15) is 9.59 Å². The van der Waals surface area contributed by atoms with Gasteiger partial charge in [0.05, 0.1) is 24.3 Å². The lowest BCUT2D eigenvalue weighted by molar-refractivity contribution is -0.132. The Morgan fingerprint density at radius 2 is 1.76 bits per heavy atom. The molecule has 1 atom stereocenters. The number of nitrogens with zero attached hydrogens (tertiary/aromatic N) is 1. The van der Waals surface area contributed by atoms with E-state index in [0.717, 1.165) is 33.5 Å². The van der Waals surface area contributed by atoms with Crippen LogP contribution in [0.15, 0.2) is 48.7 Å². The highest BCUT2D eigenvalue weighted by Gasteiger charge is 2.22. The summed E-state index contributed by atoms with van der Waals surface area (Å²) in [6.07, 6.45) is 2.09. The molecule has 0 saturated carbocycles. The third-order valence-corrected chi connectivity index (χ3v) is 5.26. The zero-order valence-corrected chi connectivity index (χ0v) is 19.7. The monoisotopic (exact) mass is 450 g/mol. The second kappa shape index (κ2) is 10.8. The molecular weight excluding hydrogens is 420 g/mol. The van der Waals surface area contributed by atoms with Crippen molar-refractivity contribution >= 4 is 22.6 Å². The predicted octanol–water partition coefficient (Wildman–Crippen LogP) is 4.10. The fourth-order valence-corrected chi connectivity index (χ4v) is 3.51. The number of carbonyl (C=O) groups excluding carboxylic acids is 2. The molecule has 2 aromatic carbocycles. The lowest BCUT2D eigenvalue weighted by atomic mass is 9.95. The van der Waals surface area contributed by atoms with Gasteiger partial charge in [0.2, 0.25) is 5.91 Å². The highest BCUT2D eigenvalue weighted by atomic mass is 16.5. The smallest absolute Gasteiger partial charge is 0.230 e. The van der Waals surface area contributed by atoms with Gasteiger partial charge in [-0.25, -0.2) is 0 Å². The average molecular weight is 451 g/mol. The minimum absolute atomic E-state index is 0.0191. The highest BCUT2D eigenvalue weighted by Crippen LogP contribution is 2.33. The van der Waals surface area contributed by atoms with E-state index in [2.05, 4.69) is 10.3 Å². The van der Waals surface area contributed by atoms with Crippen LogP contribution in [0.3, 0.4) is 0 Å². The zero-order valence-electron chi connectivity index (χ0n) is 19.7. The van der Waals surface area contributed by atoms with Gasteiger partial charge < -0.3 is 19.5 Å². The zero-order chi connectivity index (χ0) is 24.0. The number of hydrogen-bond acceptors (Lipinski definition) is 6. The van der Waals surface area contributed by atoms with E-state index >= 15 is 0 Å². The minimum Gasteiger partial charge on any atom is -0.497 e. The number of Topliss-reactive ketones (excluding diaryl/α,β-unsaturated/α-hetero) is 1. The SMILES string of the molecule is CNC(=O)C(Cc1ccc(OCc2cnc3ccc(OC)cc3c2OC(C)C)cc1)C(C)=O. The summed E-state index contributed by atoms with van der Waals surface area (Å²) in [7, 11) is 3.16. The number of pyridine rings is 1. The molecule has 1 amide bonds. The van der Waals surface area contributed by atoms with Gasteiger partial charge in [0, 0.05) is 18.6 Å². The maximum atomic E-state index is 11.9. The normalized spacial score (nSPS) is 11.8. The first-order valence-corrected chi connectivity index (χ1v) is 10.9. The fourth-order valence-electron chi connectivity index (χ4n) is 3.51.